The number of nitrogens with zero attached hydrogens (tertiary/aromatic N) is 2. The van der Waals surface area contributed by atoms with Gasteiger partial charge in [-0.2, -0.15) is 0 Å². The van der Waals surface area contributed by atoms with Gasteiger partial charge in [-0.3, -0.25) is 9.78 Å². The normalized spacial score (nSPS) is 23.3. The maximum atomic E-state index is 12.7. The SMILES string of the molecule is CC(C)(C)C(=O)NC(CC1CCCCN1CC1CCCCC1)c1ccccn1. The molecule has 2 atom stereocenters. The van der Waals surface area contributed by atoms with Gasteiger partial charge >= 0.3 is 0 Å². The fraction of sp³-hybridized carbons (Fsp3) is 0.750. The summed E-state index contributed by atoms with van der Waals surface area (Å²) in [6.45, 7) is 8.39. The zero-order valence-electron chi connectivity index (χ0n) is 18.1. The molecule has 2 aliphatic rings. The fourth-order valence-electron chi connectivity index (χ4n) is 4.75. The number of hydrogen-bond acceptors (Lipinski definition) is 3. The largest absolute Gasteiger partial charge is 0.347 e. The molecule has 0 aromatic carbocycles. The van der Waals surface area contributed by atoms with Crippen LogP contribution in [0.3, 0.4) is 0 Å². The summed E-state index contributed by atoms with van der Waals surface area (Å²) in [5.74, 6) is 0.976. The number of rotatable bonds is 6. The Bertz CT molecular complexity index is 604. The molecule has 3 rings (SSSR count). The van der Waals surface area contributed by atoms with E-state index in [4.69, 9.17) is 0 Å². The number of pyridine rings is 1. The predicted octanol–water partition coefficient (Wildman–Crippen LogP) is 5.11. The van der Waals surface area contributed by atoms with Crippen molar-refractivity contribution in [3.05, 3.63) is 30.1 Å². The van der Waals surface area contributed by atoms with E-state index in [1.54, 1.807) is 0 Å². The van der Waals surface area contributed by atoms with Gasteiger partial charge in [-0.15, -0.1) is 0 Å². The van der Waals surface area contributed by atoms with E-state index >= 15 is 0 Å². The number of aromatic nitrogens is 1. The van der Waals surface area contributed by atoms with Crippen LogP contribution in [0, 0.1) is 11.3 Å². The number of amides is 1. The summed E-state index contributed by atoms with van der Waals surface area (Å²) in [6.07, 6.45) is 13.7. The third-order valence-corrected chi connectivity index (χ3v) is 6.51. The van der Waals surface area contributed by atoms with Crippen LogP contribution in [-0.4, -0.2) is 34.9 Å². The molecule has 4 heteroatoms. The molecule has 1 amide bonds. The van der Waals surface area contributed by atoms with Crippen molar-refractivity contribution >= 4 is 5.91 Å². The number of carbonyl (C=O) groups excluding carboxylic acids is 1. The van der Waals surface area contributed by atoms with E-state index < -0.39 is 0 Å². The van der Waals surface area contributed by atoms with E-state index in [9.17, 15) is 4.79 Å². The number of hydrogen-bond donors (Lipinski definition) is 1. The minimum Gasteiger partial charge on any atom is -0.347 e. The summed E-state index contributed by atoms with van der Waals surface area (Å²) < 4.78 is 0. The first-order valence-electron chi connectivity index (χ1n) is 11.4. The van der Waals surface area contributed by atoms with Gasteiger partial charge in [0.1, 0.15) is 0 Å². The zero-order valence-corrected chi connectivity index (χ0v) is 18.1. The number of nitrogens with one attached hydrogen (secondary N) is 1. The first-order chi connectivity index (χ1) is 13.4. The molecular formula is C24H39N3O. The standard InChI is InChI=1S/C24H39N3O/c1-24(2,3)23(28)26-22(21-14-7-9-15-25-21)17-20-13-8-10-16-27(20)18-19-11-5-4-6-12-19/h7,9,14-15,19-20,22H,4-6,8,10-13,16-18H2,1-3H3,(H,26,28). The summed E-state index contributed by atoms with van der Waals surface area (Å²) in [5, 5.41) is 3.32. The molecule has 4 nitrogen and oxygen atoms in total. The van der Waals surface area contributed by atoms with Crippen LogP contribution in [0.1, 0.15) is 90.3 Å². The van der Waals surface area contributed by atoms with Crippen LogP contribution in [-0.2, 0) is 4.79 Å². The molecule has 1 saturated heterocycles. The van der Waals surface area contributed by atoms with Crippen LogP contribution >= 0.6 is 0 Å². The molecule has 1 saturated carbocycles. The van der Waals surface area contributed by atoms with Crippen molar-refractivity contribution in [1.29, 1.82) is 0 Å². The topological polar surface area (TPSA) is 45.2 Å². The Hall–Kier alpha value is -1.42. The van der Waals surface area contributed by atoms with E-state index in [0.29, 0.717) is 6.04 Å². The van der Waals surface area contributed by atoms with Crippen molar-refractivity contribution in [2.45, 2.75) is 90.6 Å². The van der Waals surface area contributed by atoms with E-state index in [1.165, 1.54) is 64.5 Å². The summed E-state index contributed by atoms with van der Waals surface area (Å²) in [7, 11) is 0. The summed E-state index contributed by atoms with van der Waals surface area (Å²) in [4.78, 5) is 20.1. The Morgan fingerprint density at radius 1 is 1.14 bits per heavy atom. The lowest BCUT2D eigenvalue weighted by molar-refractivity contribution is -0.129. The molecule has 2 heterocycles. The van der Waals surface area contributed by atoms with Crippen molar-refractivity contribution in [2.75, 3.05) is 13.1 Å². The Labute approximate surface area is 171 Å². The number of piperidine rings is 1. The van der Waals surface area contributed by atoms with E-state index in [2.05, 4.69) is 21.3 Å². The van der Waals surface area contributed by atoms with Crippen LogP contribution < -0.4 is 5.32 Å². The highest BCUT2D eigenvalue weighted by molar-refractivity contribution is 5.81. The van der Waals surface area contributed by atoms with Gasteiger partial charge in [-0.25, -0.2) is 0 Å². The highest BCUT2D eigenvalue weighted by atomic mass is 16.2. The maximum absolute atomic E-state index is 12.7. The van der Waals surface area contributed by atoms with Gasteiger partial charge in [0.05, 0.1) is 11.7 Å². The summed E-state index contributed by atoms with van der Waals surface area (Å²) >= 11 is 0. The molecule has 28 heavy (non-hydrogen) atoms. The van der Waals surface area contributed by atoms with E-state index in [-0.39, 0.29) is 17.4 Å². The van der Waals surface area contributed by atoms with Crippen LogP contribution in [0.5, 0.6) is 0 Å². The molecule has 2 unspecified atom stereocenters. The van der Waals surface area contributed by atoms with Gasteiger partial charge in [0, 0.05) is 24.2 Å². The van der Waals surface area contributed by atoms with Crippen LogP contribution in [0.4, 0.5) is 0 Å². The Kier molecular flexibility index (Phi) is 7.50. The second-order valence-corrected chi connectivity index (χ2v) is 9.91. The van der Waals surface area contributed by atoms with Crippen molar-refractivity contribution < 1.29 is 4.79 Å². The molecule has 0 bridgehead atoms. The molecule has 0 spiro atoms. The molecule has 1 N–H and O–H groups in total. The Morgan fingerprint density at radius 2 is 1.89 bits per heavy atom. The van der Waals surface area contributed by atoms with Gasteiger partial charge in [-0.1, -0.05) is 52.5 Å². The van der Waals surface area contributed by atoms with E-state index in [0.717, 1.165) is 18.0 Å². The minimum atomic E-state index is -0.388. The van der Waals surface area contributed by atoms with Crippen molar-refractivity contribution in [3.63, 3.8) is 0 Å². The monoisotopic (exact) mass is 385 g/mol. The lowest BCUT2D eigenvalue weighted by Crippen LogP contribution is -2.46. The molecule has 156 valence electrons. The van der Waals surface area contributed by atoms with Gasteiger partial charge in [0.15, 0.2) is 0 Å². The highest BCUT2D eigenvalue weighted by Gasteiger charge is 2.31. The van der Waals surface area contributed by atoms with Gasteiger partial charge in [0.2, 0.25) is 5.91 Å². The van der Waals surface area contributed by atoms with Gasteiger partial charge in [-0.05, 0) is 56.7 Å². The van der Waals surface area contributed by atoms with Crippen molar-refractivity contribution in [2.24, 2.45) is 11.3 Å². The fourth-order valence-corrected chi connectivity index (χ4v) is 4.75. The zero-order chi connectivity index (χ0) is 20.0. The van der Waals surface area contributed by atoms with Gasteiger partial charge < -0.3 is 10.2 Å². The first-order valence-corrected chi connectivity index (χ1v) is 11.4. The van der Waals surface area contributed by atoms with Crippen molar-refractivity contribution in [3.8, 4) is 0 Å². The van der Waals surface area contributed by atoms with E-state index in [1.807, 2.05) is 39.1 Å². The predicted molar refractivity (Wildman–Crippen MR) is 115 cm³/mol. The summed E-state index contributed by atoms with van der Waals surface area (Å²) in [6, 6.07) is 6.57. The molecular weight excluding hydrogens is 346 g/mol. The average molecular weight is 386 g/mol. The van der Waals surface area contributed by atoms with Crippen LogP contribution in [0.15, 0.2) is 24.4 Å². The average Bonchev–Trinajstić information content (AvgIpc) is 2.69. The first kappa shape index (κ1) is 21.3. The lowest BCUT2D eigenvalue weighted by atomic mass is 9.86. The molecule has 1 aromatic heterocycles. The second-order valence-electron chi connectivity index (χ2n) is 9.91. The van der Waals surface area contributed by atoms with Gasteiger partial charge in [0.25, 0.3) is 0 Å². The highest BCUT2D eigenvalue weighted by Crippen LogP contribution is 2.31. The van der Waals surface area contributed by atoms with Crippen LogP contribution in [0.25, 0.3) is 0 Å². The smallest absolute Gasteiger partial charge is 0.225 e. The minimum absolute atomic E-state index is 0.00937. The van der Waals surface area contributed by atoms with Crippen LogP contribution in [0.2, 0.25) is 0 Å². The Balaban J connectivity index is 1.70. The van der Waals surface area contributed by atoms with Crippen molar-refractivity contribution in [1.82, 2.24) is 15.2 Å². The maximum Gasteiger partial charge on any atom is 0.225 e. The second kappa shape index (κ2) is 9.87. The summed E-state index contributed by atoms with van der Waals surface area (Å²) in [5.41, 5.74) is 0.602. The molecule has 1 aliphatic carbocycles. The Morgan fingerprint density at radius 3 is 2.57 bits per heavy atom. The molecule has 2 fully saturated rings. The third-order valence-electron chi connectivity index (χ3n) is 6.51. The number of likely N-dealkylation sites (tertiary alicyclic amines) is 1. The molecule has 0 radical (unpaired) electrons. The number of carbonyl (C=O) groups is 1. The quantitative estimate of drug-likeness (QED) is 0.740. The third kappa shape index (κ3) is 6.04. The lowest BCUT2D eigenvalue weighted by Gasteiger charge is -2.40. The molecule has 1 aliphatic heterocycles. The molecule has 1 aromatic rings.